The molecule has 1 aromatic heterocycles. The second kappa shape index (κ2) is 7.57. The van der Waals surface area contributed by atoms with Crippen LogP contribution in [0.5, 0.6) is 0 Å². The maximum absolute atomic E-state index is 10.5. The molecule has 1 saturated heterocycles. The summed E-state index contributed by atoms with van der Waals surface area (Å²) in [6.07, 6.45) is 7.27. The van der Waals surface area contributed by atoms with Crippen LogP contribution in [0.4, 0.5) is 0 Å². The highest BCUT2D eigenvalue weighted by molar-refractivity contribution is 7.10. The Bertz CT molecular complexity index is 467. The first-order valence-electron chi connectivity index (χ1n) is 7.02. The normalized spacial score (nSPS) is 20.6. The van der Waals surface area contributed by atoms with Gasteiger partial charge in [0, 0.05) is 30.1 Å². The van der Waals surface area contributed by atoms with Gasteiger partial charge in [0.05, 0.1) is 0 Å². The number of carbonyl (C=O) groups is 1. The summed E-state index contributed by atoms with van der Waals surface area (Å²) in [7, 11) is 0. The van der Waals surface area contributed by atoms with Gasteiger partial charge in [0.25, 0.3) is 0 Å². The number of hydrogen-bond acceptors (Lipinski definition) is 4. The summed E-state index contributed by atoms with van der Waals surface area (Å²) >= 11 is 1.67. The highest BCUT2D eigenvalue weighted by Gasteiger charge is 2.22. The van der Waals surface area contributed by atoms with Gasteiger partial charge in [-0.05, 0) is 48.9 Å². The molecule has 2 N–H and O–H groups in total. The molecule has 4 nitrogen and oxygen atoms in total. The Morgan fingerprint density at radius 2 is 2.35 bits per heavy atom. The van der Waals surface area contributed by atoms with Gasteiger partial charge in [-0.2, -0.15) is 0 Å². The Kier molecular flexibility index (Phi) is 5.76. The van der Waals surface area contributed by atoms with Gasteiger partial charge in [-0.1, -0.05) is 6.42 Å². The van der Waals surface area contributed by atoms with E-state index in [2.05, 4.69) is 11.0 Å². The van der Waals surface area contributed by atoms with Gasteiger partial charge in [-0.15, -0.1) is 11.3 Å². The lowest BCUT2D eigenvalue weighted by atomic mass is 9.99. The first kappa shape index (κ1) is 15.2. The van der Waals surface area contributed by atoms with Crippen molar-refractivity contribution in [1.29, 1.82) is 0 Å². The highest BCUT2D eigenvalue weighted by atomic mass is 32.1. The summed E-state index contributed by atoms with van der Waals surface area (Å²) in [5, 5.41) is 19.7. The van der Waals surface area contributed by atoms with E-state index >= 15 is 0 Å². The minimum atomic E-state index is -0.920. The third-order valence-corrected chi connectivity index (χ3v) is 4.60. The Morgan fingerprint density at radius 3 is 3.10 bits per heavy atom. The van der Waals surface area contributed by atoms with Crippen LogP contribution in [0.3, 0.4) is 0 Å². The molecule has 1 aromatic rings. The van der Waals surface area contributed by atoms with Crippen molar-refractivity contribution < 1.29 is 15.0 Å². The number of thiophene rings is 1. The molecule has 0 spiro atoms. The zero-order chi connectivity index (χ0) is 14.4. The van der Waals surface area contributed by atoms with Crippen molar-refractivity contribution >= 4 is 23.4 Å². The number of carboxylic acid groups (broad SMARTS) is 1. The van der Waals surface area contributed by atoms with E-state index in [4.69, 9.17) is 10.2 Å². The maximum atomic E-state index is 10.5. The Balaban J connectivity index is 1.96. The first-order chi connectivity index (χ1) is 9.69. The van der Waals surface area contributed by atoms with Gasteiger partial charge < -0.3 is 10.2 Å². The van der Waals surface area contributed by atoms with E-state index in [0.717, 1.165) is 31.5 Å². The molecular formula is C15H21NO3S. The number of aliphatic hydroxyl groups excluding tert-OH is 1. The summed E-state index contributed by atoms with van der Waals surface area (Å²) < 4.78 is 0. The monoisotopic (exact) mass is 295 g/mol. The number of carboxylic acids is 1. The number of likely N-dealkylation sites (tertiary alicyclic amines) is 1. The van der Waals surface area contributed by atoms with Gasteiger partial charge in [0.2, 0.25) is 0 Å². The fourth-order valence-corrected chi connectivity index (χ4v) is 3.56. The van der Waals surface area contributed by atoms with E-state index < -0.39 is 5.97 Å². The average Bonchev–Trinajstić information content (AvgIpc) is 2.87. The van der Waals surface area contributed by atoms with Crippen LogP contribution in [-0.2, 0) is 11.3 Å². The van der Waals surface area contributed by atoms with E-state index in [1.54, 1.807) is 17.4 Å². The van der Waals surface area contributed by atoms with Crippen LogP contribution in [0.25, 0.3) is 6.08 Å². The molecule has 5 heteroatoms. The average molecular weight is 295 g/mol. The predicted molar refractivity (Wildman–Crippen MR) is 80.7 cm³/mol. The summed E-state index contributed by atoms with van der Waals surface area (Å²) in [6.45, 7) is 2.23. The maximum Gasteiger partial charge on any atom is 0.328 e. The topological polar surface area (TPSA) is 60.8 Å². The molecule has 110 valence electrons. The highest BCUT2D eigenvalue weighted by Crippen LogP contribution is 2.24. The van der Waals surface area contributed by atoms with E-state index in [1.165, 1.54) is 23.8 Å². The molecule has 1 aliphatic heterocycles. The van der Waals surface area contributed by atoms with Crippen LogP contribution >= 0.6 is 11.3 Å². The van der Waals surface area contributed by atoms with Crippen molar-refractivity contribution in [3.63, 3.8) is 0 Å². The second-order valence-corrected chi connectivity index (χ2v) is 6.15. The van der Waals surface area contributed by atoms with Crippen molar-refractivity contribution in [3.8, 4) is 0 Å². The minimum absolute atomic E-state index is 0.248. The number of aliphatic hydroxyl groups is 1. The molecule has 0 amide bonds. The number of hydrogen-bond donors (Lipinski definition) is 2. The fraction of sp³-hybridized carbons (Fsp3) is 0.533. The fourth-order valence-electron chi connectivity index (χ4n) is 2.68. The lowest BCUT2D eigenvalue weighted by molar-refractivity contribution is -0.131. The van der Waals surface area contributed by atoms with Gasteiger partial charge in [0.15, 0.2) is 0 Å². The molecule has 1 unspecified atom stereocenters. The Morgan fingerprint density at radius 1 is 1.50 bits per heavy atom. The summed E-state index contributed by atoms with van der Waals surface area (Å²) in [6, 6.07) is 2.53. The summed E-state index contributed by atoms with van der Waals surface area (Å²) in [5.41, 5.74) is 0.947. The molecule has 2 heterocycles. The molecule has 20 heavy (non-hydrogen) atoms. The standard InChI is InChI=1S/C15H21NO3S/c17-8-6-13-3-1-2-7-16(13)10-14-9-12(11-20-14)4-5-15(18)19/h4-5,9,11,13,17H,1-3,6-8,10H2,(H,18,19). The van der Waals surface area contributed by atoms with Crippen molar-refractivity contribution in [2.24, 2.45) is 0 Å². The smallest absolute Gasteiger partial charge is 0.328 e. The van der Waals surface area contributed by atoms with Crippen LogP contribution < -0.4 is 0 Å². The summed E-state index contributed by atoms with van der Waals surface area (Å²) in [5.74, 6) is -0.920. The number of piperidine rings is 1. The van der Waals surface area contributed by atoms with Crippen molar-refractivity contribution in [2.45, 2.75) is 38.3 Å². The van der Waals surface area contributed by atoms with Crippen LogP contribution in [0.15, 0.2) is 17.5 Å². The quantitative estimate of drug-likeness (QED) is 0.792. The number of nitrogens with zero attached hydrogens (tertiary/aromatic N) is 1. The Hall–Kier alpha value is -1.17. The molecule has 2 rings (SSSR count). The summed E-state index contributed by atoms with van der Waals surface area (Å²) in [4.78, 5) is 14.2. The second-order valence-electron chi connectivity index (χ2n) is 5.15. The van der Waals surface area contributed by atoms with Gasteiger partial charge in [-0.3, -0.25) is 4.90 Å². The molecule has 1 atom stereocenters. The van der Waals surface area contributed by atoms with E-state index in [1.807, 2.05) is 5.38 Å². The minimum Gasteiger partial charge on any atom is -0.478 e. The van der Waals surface area contributed by atoms with Crippen LogP contribution in [0.1, 0.15) is 36.1 Å². The van der Waals surface area contributed by atoms with E-state index in [-0.39, 0.29) is 6.61 Å². The van der Waals surface area contributed by atoms with Gasteiger partial charge in [0.1, 0.15) is 0 Å². The van der Waals surface area contributed by atoms with Crippen molar-refractivity contribution in [1.82, 2.24) is 4.90 Å². The van der Waals surface area contributed by atoms with Crippen molar-refractivity contribution in [2.75, 3.05) is 13.2 Å². The zero-order valence-electron chi connectivity index (χ0n) is 11.5. The lowest BCUT2D eigenvalue weighted by Crippen LogP contribution is -2.39. The number of rotatable bonds is 6. The van der Waals surface area contributed by atoms with E-state index in [9.17, 15) is 4.79 Å². The third kappa shape index (κ3) is 4.44. The van der Waals surface area contributed by atoms with Gasteiger partial charge >= 0.3 is 5.97 Å². The molecule has 1 fully saturated rings. The molecule has 0 saturated carbocycles. The molecular weight excluding hydrogens is 274 g/mol. The first-order valence-corrected chi connectivity index (χ1v) is 7.90. The molecule has 0 radical (unpaired) electrons. The van der Waals surface area contributed by atoms with Gasteiger partial charge in [-0.25, -0.2) is 4.79 Å². The van der Waals surface area contributed by atoms with E-state index in [0.29, 0.717) is 6.04 Å². The molecule has 0 aromatic carbocycles. The largest absolute Gasteiger partial charge is 0.478 e. The predicted octanol–water partition coefficient (Wildman–Crippen LogP) is 2.58. The zero-order valence-corrected chi connectivity index (χ0v) is 12.3. The van der Waals surface area contributed by atoms with Crippen LogP contribution in [0, 0.1) is 0 Å². The SMILES string of the molecule is O=C(O)C=Cc1csc(CN2CCCCC2CCO)c1. The molecule has 0 aliphatic carbocycles. The van der Waals surface area contributed by atoms with Crippen LogP contribution in [-0.4, -0.2) is 40.3 Å². The third-order valence-electron chi connectivity index (χ3n) is 3.66. The van der Waals surface area contributed by atoms with Crippen LogP contribution in [0.2, 0.25) is 0 Å². The number of aliphatic carboxylic acids is 1. The molecule has 0 bridgehead atoms. The lowest BCUT2D eigenvalue weighted by Gasteiger charge is -2.35. The molecule has 1 aliphatic rings. The van der Waals surface area contributed by atoms with Crippen molar-refractivity contribution in [3.05, 3.63) is 28.0 Å². The Labute approximate surface area is 123 Å².